The summed E-state index contributed by atoms with van der Waals surface area (Å²) in [5, 5.41) is 13.0. The summed E-state index contributed by atoms with van der Waals surface area (Å²) in [6, 6.07) is 17.3. The van der Waals surface area contributed by atoms with Crippen LogP contribution < -0.4 is 0 Å². The molecule has 0 saturated heterocycles. The highest BCUT2D eigenvalue weighted by molar-refractivity contribution is 7.21. The first-order valence-corrected chi connectivity index (χ1v) is 8.76. The van der Waals surface area contributed by atoms with Crippen LogP contribution in [0.2, 0.25) is 0 Å². The Morgan fingerprint density at radius 2 is 1.96 bits per heavy atom. The molecule has 2 aromatic carbocycles. The summed E-state index contributed by atoms with van der Waals surface area (Å²) >= 11 is 3.21. The Labute approximate surface area is 141 Å². The van der Waals surface area contributed by atoms with E-state index < -0.39 is 0 Å². The SMILES string of the molecule is Oc1ccc(N=Cc2cccs2)cc1-c1nc2ccccc2s1. The Hall–Kier alpha value is -2.50. The van der Waals surface area contributed by atoms with E-state index >= 15 is 0 Å². The summed E-state index contributed by atoms with van der Waals surface area (Å²) in [4.78, 5) is 10.2. The zero-order chi connectivity index (χ0) is 15.6. The van der Waals surface area contributed by atoms with Crippen LogP contribution in [0.4, 0.5) is 5.69 Å². The van der Waals surface area contributed by atoms with Gasteiger partial charge in [-0.3, -0.25) is 4.99 Å². The largest absolute Gasteiger partial charge is 0.507 e. The summed E-state index contributed by atoms with van der Waals surface area (Å²) in [6.45, 7) is 0. The van der Waals surface area contributed by atoms with Gasteiger partial charge in [-0.05, 0) is 41.8 Å². The normalized spacial score (nSPS) is 11.5. The van der Waals surface area contributed by atoms with Crippen molar-refractivity contribution < 1.29 is 5.11 Å². The number of hydrogen-bond donors (Lipinski definition) is 1. The number of rotatable bonds is 3. The fourth-order valence-electron chi connectivity index (χ4n) is 2.27. The predicted molar refractivity (Wildman–Crippen MR) is 98.3 cm³/mol. The van der Waals surface area contributed by atoms with Gasteiger partial charge in [-0.2, -0.15) is 0 Å². The molecule has 0 aliphatic heterocycles. The van der Waals surface area contributed by atoms with Gasteiger partial charge in [-0.15, -0.1) is 22.7 Å². The molecule has 0 fully saturated rings. The van der Waals surface area contributed by atoms with Crippen molar-refractivity contribution in [3.63, 3.8) is 0 Å². The topological polar surface area (TPSA) is 45.5 Å². The molecule has 0 atom stereocenters. The molecule has 112 valence electrons. The van der Waals surface area contributed by atoms with E-state index in [1.807, 2.05) is 54.1 Å². The molecule has 4 rings (SSSR count). The Morgan fingerprint density at radius 1 is 1.04 bits per heavy atom. The van der Waals surface area contributed by atoms with E-state index in [0.717, 1.165) is 25.8 Å². The molecule has 0 aliphatic rings. The number of phenols is 1. The standard InChI is InChI=1S/C18H12N2OS2/c21-16-8-7-12(19-11-13-4-3-9-22-13)10-14(16)18-20-15-5-1-2-6-17(15)23-18/h1-11,21H. The number of thiophene rings is 1. The molecule has 4 aromatic rings. The summed E-state index contributed by atoms with van der Waals surface area (Å²) in [5.41, 5.74) is 2.46. The Morgan fingerprint density at radius 3 is 2.78 bits per heavy atom. The fourth-order valence-corrected chi connectivity index (χ4v) is 3.84. The fraction of sp³-hybridized carbons (Fsp3) is 0. The molecule has 23 heavy (non-hydrogen) atoms. The number of aromatic hydroxyl groups is 1. The van der Waals surface area contributed by atoms with Crippen LogP contribution in [0.5, 0.6) is 5.75 Å². The molecule has 5 heteroatoms. The van der Waals surface area contributed by atoms with Crippen molar-refractivity contribution in [3.8, 4) is 16.3 Å². The quantitative estimate of drug-likeness (QED) is 0.503. The molecule has 2 heterocycles. The number of para-hydroxylation sites is 1. The van der Waals surface area contributed by atoms with Gasteiger partial charge in [0.1, 0.15) is 10.8 Å². The van der Waals surface area contributed by atoms with Gasteiger partial charge in [-0.1, -0.05) is 18.2 Å². The van der Waals surface area contributed by atoms with Crippen molar-refractivity contribution in [1.29, 1.82) is 0 Å². The maximum Gasteiger partial charge on any atom is 0.128 e. The number of aromatic nitrogens is 1. The van der Waals surface area contributed by atoms with Crippen LogP contribution in [0.1, 0.15) is 4.88 Å². The lowest BCUT2D eigenvalue weighted by Gasteiger charge is -2.02. The van der Waals surface area contributed by atoms with E-state index in [1.54, 1.807) is 34.8 Å². The average Bonchev–Trinajstić information content (AvgIpc) is 3.23. The van der Waals surface area contributed by atoms with Crippen molar-refractivity contribution >= 4 is 44.8 Å². The molecular weight excluding hydrogens is 324 g/mol. The maximum atomic E-state index is 10.2. The predicted octanol–water partition coefficient (Wildman–Crippen LogP) is 5.48. The molecule has 0 spiro atoms. The van der Waals surface area contributed by atoms with E-state index in [4.69, 9.17) is 0 Å². The molecule has 0 saturated carbocycles. The molecule has 0 radical (unpaired) electrons. The van der Waals surface area contributed by atoms with Gasteiger partial charge < -0.3 is 5.11 Å². The number of phenolic OH excluding ortho intramolecular Hbond substituents is 1. The van der Waals surface area contributed by atoms with E-state index in [0.29, 0.717) is 5.56 Å². The summed E-state index contributed by atoms with van der Waals surface area (Å²) in [7, 11) is 0. The minimum atomic E-state index is 0.221. The summed E-state index contributed by atoms with van der Waals surface area (Å²) < 4.78 is 1.11. The second kappa shape index (κ2) is 5.95. The second-order valence-corrected chi connectivity index (χ2v) is 6.97. The molecular formula is C18H12N2OS2. The number of aliphatic imine (C=N–C) groups is 1. The van der Waals surface area contributed by atoms with Crippen LogP contribution in [0.25, 0.3) is 20.8 Å². The van der Waals surface area contributed by atoms with Gasteiger partial charge in [-0.25, -0.2) is 4.98 Å². The maximum absolute atomic E-state index is 10.2. The minimum Gasteiger partial charge on any atom is -0.507 e. The third kappa shape index (κ3) is 2.88. The molecule has 0 amide bonds. The number of hydrogen-bond acceptors (Lipinski definition) is 5. The van der Waals surface area contributed by atoms with Gasteiger partial charge in [0, 0.05) is 11.1 Å². The molecule has 1 N–H and O–H groups in total. The van der Waals surface area contributed by atoms with Crippen LogP contribution >= 0.6 is 22.7 Å². The lowest BCUT2D eigenvalue weighted by Crippen LogP contribution is -1.79. The average molecular weight is 336 g/mol. The van der Waals surface area contributed by atoms with E-state index in [1.165, 1.54) is 0 Å². The first-order valence-electron chi connectivity index (χ1n) is 7.06. The van der Waals surface area contributed by atoms with Crippen LogP contribution in [-0.4, -0.2) is 16.3 Å². The van der Waals surface area contributed by atoms with E-state index in [2.05, 4.69) is 9.98 Å². The van der Waals surface area contributed by atoms with Gasteiger partial charge in [0.25, 0.3) is 0 Å². The summed E-state index contributed by atoms with van der Waals surface area (Å²) in [6.07, 6.45) is 1.83. The van der Waals surface area contributed by atoms with Gasteiger partial charge in [0.15, 0.2) is 0 Å². The Balaban J connectivity index is 1.74. The van der Waals surface area contributed by atoms with Gasteiger partial charge >= 0.3 is 0 Å². The van der Waals surface area contributed by atoms with Gasteiger partial charge in [0.2, 0.25) is 0 Å². The van der Waals surface area contributed by atoms with Crippen LogP contribution in [0.15, 0.2) is 65.0 Å². The lowest BCUT2D eigenvalue weighted by atomic mass is 10.2. The molecule has 3 nitrogen and oxygen atoms in total. The number of nitrogens with zero attached hydrogens (tertiary/aromatic N) is 2. The van der Waals surface area contributed by atoms with E-state index in [-0.39, 0.29) is 5.75 Å². The smallest absolute Gasteiger partial charge is 0.128 e. The second-order valence-electron chi connectivity index (χ2n) is 4.96. The van der Waals surface area contributed by atoms with Crippen molar-refractivity contribution in [2.45, 2.75) is 0 Å². The number of thiazole rings is 1. The van der Waals surface area contributed by atoms with Crippen LogP contribution in [-0.2, 0) is 0 Å². The zero-order valence-corrected chi connectivity index (χ0v) is 13.6. The van der Waals surface area contributed by atoms with Crippen LogP contribution in [0.3, 0.4) is 0 Å². The molecule has 0 aliphatic carbocycles. The highest BCUT2D eigenvalue weighted by atomic mass is 32.1. The minimum absolute atomic E-state index is 0.221. The van der Waals surface area contributed by atoms with Crippen molar-refractivity contribution in [3.05, 3.63) is 64.9 Å². The first-order chi connectivity index (χ1) is 11.3. The van der Waals surface area contributed by atoms with E-state index in [9.17, 15) is 5.11 Å². The Kier molecular flexibility index (Phi) is 3.65. The van der Waals surface area contributed by atoms with Gasteiger partial charge in [0.05, 0.1) is 21.5 Å². The first kappa shape index (κ1) is 14.1. The van der Waals surface area contributed by atoms with Crippen molar-refractivity contribution in [1.82, 2.24) is 4.98 Å². The zero-order valence-electron chi connectivity index (χ0n) is 12.0. The Bertz CT molecular complexity index is 954. The number of fused-ring (bicyclic) bond motifs is 1. The van der Waals surface area contributed by atoms with Crippen molar-refractivity contribution in [2.24, 2.45) is 4.99 Å². The van der Waals surface area contributed by atoms with Crippen LogP contribution in [0, 0.1) is 0 Å². The summed E-state index contributed by atoms with van der Waals surface area (Å²) in [5.74, 6) is 0.221. The molecule has 0 bridgehead atoms. The highest BCUT2D eigenvalue weighted by Crippen LogP contribution is 2.37. The highest BCUT2D eigenvalue weighted by Gasteiger charge is 2.11. The third-order valence-corrected chi connectivity index (χ3v) is 5.27. The third-order valence-electron chi connectivity index (χ3n) is 3.39. The number of benzene rings is 2. The van der Waals surface area contributed by atoms with Crippen molar-refractivity contribution in [2.75, 3.05) is 0 Å². The molecule has 2 aromatic heterocycles. The molecule has 0 unspecified atom stereocenters. The monoisotopic (exact) mass is 336 g/mol. The lowest BCUT2D eigenvalue weighted by molar-refractivity contribution is 0.477.